The van der Waals surface area contributed by atoms with Gasteiger partial charge in [0.15, 0.2) is 0 Å². The Balaban J connectivity index is 1.71. The zero-order valence-electron chi connectivity index (χ0n) is 17.7. The van der Waals surface area contributed by atoms with Gasteiger partial charge in [0, 0.05) is 29.7 Å². The van der Waals surface area contributed by atoms with Gasteiger partial charge < -0.3 is 15.0 Å². The number of amides is 2. The third-order valence-electron chi connectivity index (χ3n) is 5.24. The standard InChI is InChI=1S/C26H22N2O3S/c1-28(21-9-6-10-22(15-21)31-2)26(30)24-23(16-32-25(24)27-17-29)20-13-11-19(12-14-20)18-7-4-3-5-8-18/h3-17H,1-2H3,(H,27,29). The molecule has 0 radical (unpaired) electrons. The number of rotatable bonds is 7. The van der Waals surface area contributed by atoms with Crippen molar-refractivity contribution in [3.8, 4) is 28.0 Å². The topological polar surface area (TPSA) is 58.6 Å². The van der Waals surface area contributed by atoms with Crippen LogP contribution in [-0.2, 0) is 4.79 Å². The largest absolute Gasteiger partial charge is 0.497 e. The molecule has 0 unspecified atom stereocenters. The Hall–Kier alpha value is -3.90. The molecule has 4 aromatic rings. The van der Waals surface area contributed by atoms with Crippen molar-refractivity contribution in [2.24, 2.45) is 0 Å². The summed E-state index contributed by atoms with van der Waals surface area (Å²) in [6.07, 6.45) is 0.594. The summed E-state index contributed by atoms with van der Waals surface area (Å²) in [5.74, 6) is 0.446. The molecule has 0 aliphatic carbocycles. The number of thiophene rings is 1. The van der Waals surface area contributed by atoms with E-state index in [0.29, 0.717) is 28.4 Å². The maximum Gasteiger partial charge on any atom is 0.261 e. The molecule has 4 rings (SSSR count). The highest BCUT2D eigenvalue weighted by Gasteiger charge is 2.24. The molecular formula is C26H22N2O3S. The molecule has 2 amide bonds. The van der Waals surface area contributed by atoms with E-state index in [9.17, 15) is 9.59 Å². The average molecular weight is 443 g/mol. The highest BCUT2D eigenvalue weighted by atomic mass is 32.1. The van der Waals surface area contributed by atoms with E-state index in [1.165, 1.54) is 11.3 Å². The molecule has 0 aliphatic heterocycles. The number of methoxy groups -OCH3 is 1. The van der Waals surface area contributed by atoms with E-state index >= 15 is 0 Å². The molecule has 6 heteroatoms. The first-order chi connectivity index (χ1) is 15.6. The molecule has 0 bridgehead atoms. The third kappa shape index (κ3) is 4.26. The van der Waals surface area contributed by atoms with Gasteiger partial charge in [0.05, 0.1) is 12.7 Å². The molecule has 1 aromatic heterocycles. The average Bonchev–Trinajstić information content (AvgIpc) is 3.27. The van der Waals surface area contributed by atoms with E-state index in [1.54, 1.807) is 25.1 Å². The second-order valence-corrected chi connectivity index (χ2v) is 8.00. The molecule has 0 fully saturated rings. The van der Waals surface area contributed by atoms with Gasteiger partial charge in [0.2, 0.25) is 6.41 Å². The van der Waals surface area contributed by atoms with Gasteiger partial charge in [-0.05, 0) is 28.8 Å². The summed E-state index contributed by atoms with van der Waals surface area (Å²) in [5, 5.41) is 5.09. The van der Waals surface area contributed by atoms with E-state index in [0.717, 1.165) is 22.3 Å². The van der Waals surface area contributed by atoms with Crippen molar-refractivity contribution >= 4 is 34.3 Å². The minimum absolute atomic E-state index is 0.217. The maximum atomic E-state index is 13.5. The summed E-state index contributed by atoms with van der Waals surface area (Å²) in [4.78, 5) is 26.3. The first-order valence-corrected chi connectivity index (χ1v) is 10.9. The van der Waals surface area contributed by atoms with Crippen LogP contribution in [0.15, 0.2) is 84.2 Å². The fourth-order valence-electron chi connectivity index (χ4n) is 3.52. The van der Waals surface area contributed by atoms with Crippen LogP contribution in [0.1, 0.15) is 10.4 Å². The number of nitrogens with zero attached hydrogens (tertiary/aromatic N) is 1. The first-order valence-electron chi connectivity index (χ1n) is 10.0. The fourth-order valence-corrected chi connectivity index (χ4v) is 4.44. The minimum atomic E-state index is -0.217. The Morgan fingerprint density at radius 2 is 1.62 bits per heavy atom. The summed E-state index contributed by atoms with van der Waals surface area (Å²) in [5.41, 5.74) is 5.06. The fraction of sp³-hybridized carbons (Fsp3) is 0.0769. The molecule has 0 spiro atoms. The number of anilines is 2. The Morgan fingerprint density at radius 1 is 0.938 bits per heavy atom. The summed E-state index contributed by atoms with van der Waals surface area (Å²) in [7, 11) is 3.30. The van der Waals surface area contributed by atoms with E-state index in [-0.39, 0.29) is 5.91 Å². The van der Waals surface area contributed by atoms with Gasteiger partial charge in [-0.15, -0.1) is 11.3 Å². The lowest BCUT2D eigenvalue weighted by Gasteiger charge is -2.19. The molecule has 0 aliphatic rings. The lowest BCUT2D eigenvalue weighted by molar-refractivity contribution is -0.105. The van der Waals surface area contributed by atoms with Crippen molar-refractivity contribution < 1.29 is 14.3 Å². The molecule has 3 aromatic carbocycles. The Bertz CT molecular complexity index is 1230. The lowest BCUT2D eigenvalue weighted by Crippen LogP contribution is -2.27. The predicted octanol–water partition coefficient (Wildman–Crippen LogP) is 5.94. The molecule has 1 N–H and O–H groups in total. The zero-order chi connectivity index (χ0) is 22.5. The first kappa shape index (κ1) is 21.3. The van der Waals surface area contributed by atoms with Gasteiger partial charge >= 0.3 is 0 Å². The molecule has 32 heavy (non-hydrogen) atoms. The number of hydrogen-bond donors (Lipinski definition) is 1. The van der Waals surface area contributed by atoms with Crippen LogP contribution >= 0.6 is 11.3 Å². The normalized spacial score (nSPS) is 10.4. The van der Waals surface area contributed by atoms with Crippen LogP contribution in [0.5, 0.6) is 5.75 Å². The van der Waals surface area contributed by atoms with E-state index in [1.807, 2.05) is 66.0 Å². The quantitative estimate of drug-likeness (QED) is 0.361. The smallest absolute Gasteiger partial charge is 0.261 e. The van der Waals surface area contributed by atoms with Crippen LogP contribution in [0.25, 0.3) is 22.3 Å². The molecule has 0 saturated heterocycles. The molecule has 1 heterocycles. The maximum absolute atomic E-state index is 13.5. The van der Waals surface area contributed by atoms with Gasteiger partial charge in [-0.1, -0.05) is 60.7 Å². The summed E-state index contributed by atoms with van der Waals surface area (Å²) in [6, 6.07) is 25.5. The molecular weight excluding hydrogens is 420 g/mol. The third-order valence-corrected chi connectivity index (χ3v) is 6.15. The number of hydrogen-bond acceptors (Lipinski definition) is 4. The van der Waals surface area contributed by atoms with Crippen molar-refractivity contribution in [1.82, 2.24) is 0 Å². The van der Waals surface area contributed by atoms with Gasteiger partial charge in [-0.3, -0.25) is 9.59 Å². The summed E-state index contributed by atoms with van der Waals surface area (Å²) >= 11 is 1.33. The van der Waals surface area contributed by atoms with Crippen molar-refractivity contribution in [3.63, 3.8) is 0 Å². The number of carbonyl (C=O) groups excluding carboxylic acids is 2. The van der Waals surface area contributed by atoms with E-state index in [2.05, 4.69) is 17.4 Å². The van der Waals surface area contributed by atoms with Gasteiger partial charge in [-0.2, -0.15) is 0 Å². The van der Waals surface area contributed by atoms with Crippen molar-refractivity contribution in [2.75, 3.05) is 24.4 Å². The van der Waals surface area contributed by atoms with Crippen LogP contribution in [-0.4, -0.2) is 26.5 Å². The molecule has 0 saturated carbocycles. The van der Waals surface area contributed by atoms with Gasteiger partial charge in [0.25, 0.3) is 5.91 Å². The van der Waals surface area contributed by atoms with Crippen molar-refractivity contribution in [2.45, 2.75) is 0 Å². The summed E-state index contributed by atoms with van der Waals surface area (Å²) in [6.45, 7) is 0. The van der Waals surface area contributed by atoms with Gasteiger partial charge in [0.1, 0.15) is 10.8 Å². The molecule has 0 atom stereocenters. The predicted molar refractivity (Wildman–Crippen MR) is 131 cm³/mol. The number of ether oxygens (including phenoxy) is 1. The monoisotopic (exact) mass is 442 g/mol. The van der Waals surface area contributed by atoms with Crippen LogP contribution in [0.3, 0.4) is 0 Å². The lowest BCUT2D eigenvalue weighted by atomic mass is 9.99. The SMILES string of the molecule is COc1cccc(N(C)C(=O)c2c(-c3ccc(-c4ccccc4)cc3)csc2NC=O)c1. The number of carbonyl (C=O) groups is 2. The molecule has 5 nitrogen and oxygen atoms in total. The number of nitrogens with one attached hydrogen (secondary N) is 1. The highest BCUT2D eigenvalue weighted by molar-refractivity contribution is 7.15. The molecule has 160 valence electrons. The van der Waals surface area contributed by atoms with E-state index < -0.39 is 0 Å². The Morgan fingerprint density at radius 3 is 2.31 bits per heavy atom. The minimum Gasteiger partial charge on any atom is -0.497 e. The summed E-state index contributed by atoms with van der Waals surface area (Å²) < 4.78 is 5.28. The zero-order valence-corrected chi connectivity index (χ0v) is 18.6. The van der Waals surface area contributed by atoms with Crippen LogP contribution in [0.4, 0.5) is 10.7 Å². The van der Waals surface area contributed by atoms with Gasteiger partial charge in [-0.25, -0.2) is 0 Å². The van der Waals surface area contributed by atoms with Crippen molar-refractivity contribution in [1.29, 1.82) is 0 Å². The Labute approximate surface area is 190 Å². The van der Waals surface area contributed by atoms with Crippen LogP contribution in [0.2, 0.25) is 0 Å². The van der Waals surface area contributed by atoms with Crippen LogP contribution in [0, 0.1) is 0 Å². The van der Waals surface area contributed by atoms with Crippen molar-refractivity contribution in [3.05, 3.63) is 89.8 Å². The Kier molecular flexibility index (Phi) is 6.33. The number of benzene rings is 3. The second kappa shape index (κ2) is 9.49. The highest BCUT2D eigenvalue weighted by Crippen LogP contribution is 2.37. The van der Waals surface area contributed by atoms with E-state index in [4.69, 9.17) is 4.74 Å². The van der Waals surface area contributed by atoms with Crippen LogP contribution < -0.4 is 15.0 Å². The second-order valence-electron chi connectivity index (χ2n) is 7.12.